The second kappa shape index (κ2) is 5.27. The highest BCUT2D eigenvalue weighted by molar-refractivity contribution is 6.50. The van der Waals surface area contributed by atoms with E-state index in [2.05, 4.69) is 34.6 Å². The summed E-state index contributed by atoms with van der Waals surface area (Å²) in [5.74, 6) is 0.464. The predicted octanol–water partition coefficient (Wildman–Crippen LogP) is 3.12. The minimum Gasteiger partial charge on any atom is -0.403 e. The molecule has 0 aromatic carbocycles. The van der Waals surface area contributed by atoms with E-state index in [1.165, 1.54) is 0 Å². The van der Waals surface area contributed by atoms with Crippen LogP contribution < -0.4 is 0 Å². The Morgan fingerprint density at radius 3 is 1.95 bits per heavy atom. The van der Waals surface area contributed by atoms with Crippen LogP contribution in [0.5, 0.6) is 0 Å². The van der Waals surface area contributed by atoms with Crippen LogP contribution in [0.4, 0.5) is 0 Å². The van der Waals surface area contributed by atoms with Crippen molar-refractivity contribution in [3.63, 3.8) is 0 Å². The highest BCUT2D eigenvalue weighted by Crippen LogP contribution is 2.65. The van der Waals surface area contributed by atoms with Gasteiger partial charge in [-0.25, -0.2) is 0 Å². The van der Waals surface area contributed by atoms with E-state index in [9.17, 15) is 4.79 Å². The van der Waals surface area contributed by atoms with Gasteiger partial charge in [-0.3, -0.25) is 4.79 Å². The predicted molar refractivity (Wildman–Crippen MR) is 85.1 cm³/mol. The first-order valence-electron chi connectivity index (χ1n) is 8.30. The van der Waals surface area contributed by atoms with Crippen LogP contribution in [-0.4, -0.2) is 42.2 Å². The molecule has 0 spiro atoms. The number of hydrogen-bond donors (Lipinski definition) is 0. The van der Waals surface area contributed by atoms with E-state index in [1.54, 1.807) is 0 Å². The Balaban J connectivity index is 2.13. The van der Waals surface area contributed by atoms with E-state index in [0.717, 1.165) is 25.9 Å². The Labute approximate surface area is 129 Å². The lowest BCUT2D eigenvalue weighted by molar-refractivity contribution is -0.136. The van der Waals surface area contributed by atoms with E-state index in [0.29, 0.717) is 0 Å². The molecule has 2 fully saturated rings. The number of nitrogens with zero attached hydrogens (tertiary/aromatic N) is 1. The molecule has 0 N–H and O–H groups in total. The molecule has 2 rings (SSSR count). The maximum absolute atomic E-state index is 12.8. The van der Waals surface area contributed by atoms with Gasteiger partial charge in [-0.15, -0.1) is 0 Å². The van der Waals surface area contributed by atoms with Crippen molar-refractivity contribution in [2.24, 2.45) is 5.41 Å². The molecule has 4 nitrogen and oxygen atoms in total. The fourth-order valence-corrected chi connectivity index (χ4v) is 3.37. The Bertz CT molecular complexity index is 404. The molecule has 2 atom stereocenters. The summed E-state index contributed by atoms with van der Waals surface area (Å²) >= 11 is 0. The van der Waals surface area contributed by atoms with Gasteiger partial charge in [0.1, 0.15) is 0 Å². The SMILES string of the molecule is CCN(CC)C(=O)[C@@]1(CC)C[C@H]1B1OC(C)(C)C(C)(C)O1. The van der Waals surface area contributed by atoms with Gasteiger partial charge in [0.15, 0.2) is 0 Å². The molecule has 0 aromatic rings. The maximum atomic E-state index is 12.8. The van der Waals surface area contributed by atoms with E-state index in [-0.39, 0.29) is 35.5 Å². The average Bonchev–Trinajstić information content (AvgIpc) is 3.09. The molecule has 5 heteroatoms. The summed E-state index contributed by atoms with van der Waals surface area (Å²) in [5.41, 5.74) is -0.914. The zero-order valence-electron chi connectivity index (χ0n) is 14.7. The van der Waals surface area contributed by atoms with E-state index >= 15 is 0 Å². The van der Waals surface area contributed by atoms with Crippen molar-refractivity contribution in [2.45, 2.75) is 78.3 Å². The van der Waals surface area contributed by atoms with Gasteiger partial charge >= 0.3 is 7.12 Å². The largest absolute Gasteiger partial charge is 0.462 e. The van der Waals surface area contributed by atoms with Crippen LogP contribution in [0.15, 0.2) is 0 Å². The van der Waals surface area contributed by atoms with Crippen molar-refractivity contribution in [3.8, 4) is 0 Å². The molecular formula is C16H30BNO3. The molecule has 0 bridgehead atoms. The normalized spacial score (nSPS) is 33.1. The molecule has 120 valence electrons. The van der Waals surface area contributed by atoms with E-state index < -0.39 is 0 Å². The van der Waals surface area contributed by atoms with E-state index in [4.69, 9.17) is 9.31 Å². The first-order chi connectivity index (χ1) is 9.65. The smallest absolute Gasteiger partial charge is 0.403 e. The van der Waals surface area contributed by atoms with Crippen LogP contribution in [0, 0.1) is 5.41 Å². The number of carbonyl (C=O) groups excluding carboxylic acids is 1. The fourth-order valence-electron chi connectivity index (χ4n) is 3.37. The number of amides is 1. The van der Waals surface area contributed by atoms with Crippen molar-refractivity contribution in [1.82, 2.24) is 4.90 Å². The molecule has 0 aromatic heterocycles. The van der Waals surface area contributed by atoms with Gasteiger partial charge < -0.3 is 14.2 Å². The first-order valence-corrected chi connectivity index (χ1v) is 8.30. The minimum atomic E-state index is -0.321. The Morgan fingerprint density at radius 1 is 1.10 bits per heavy atom. The first kappa shape index (κ1) is 16.8. The van der Waals surface area contributed by atoms with Gasteiger partial charge in [0, 0.05) is 18.9 Å². The van der Waals surface area contributed by atoms with E-state index in [1.807, 2.05) is 18.7 Å². The summed E-state index contributed by atoms with van der Waals surface area (Å²) in [6.45, 7) is 16.0. The van der Waals surface area contributed by atoms with Crippen LogP contribution in [0.2, 0.25) is 5.82 Å². The topological polar surface area (TPSA) is 38.8 Å². The molecule has 1 amide bonds. The molecule has 1 aliphatic carbocycles. The lowest BCUT2D eigenvalue weighted by Gasteiger charge is -2.32. The van der Waals surface area contributed by atoms with Crippen LogP contribution in [0.3, 0.4) is 0 Å². The quantitative estimate of drug-likeness (QED) is 0.731. The highest BCUT2D eigenvalue weighted by atomic mass is 16.7. The summed E-state index contributed by atoms with van der Waals surface area (Å²) in [4.78, 5) is 14.8. The van der Waals surface area contributed by atoms with Crippen LogP contribution in [0.25, 0.3) is 0 Å². The van der Waals surface area contributed by atoms with Gasteiger partial charge in [0.2, 0.25) is 5.91 Å². The Hall–Kier alpha value is -0.545. The Morgan fingerprint density at radius 2 is 1.57 bits per heavy atom. The van der Waals surface area contributed by atoms with Crippen molar-refractivity contribution in [3.05, 3.63) is 0 Å². The van der Waals surface area contributed by atoms with Crippen molar-refractivity contribution >= 4 is 13.0 Å². The molecule has 1 saturated carbocycles. The summed E-state index contributed by atoms with van der Waals surface area (Å²) < 4.78 is 12.3. The summed E-state index contributed by atoms with van der Waals surface area (Å²) in [5, 5.41) is 0. The van der Waals surface area contributed by atoms with Crippen molar-refractivity contribution < 1.29 is 14.1 Å². The molecule has 1 aliphatic heterocycles. The summed E-state index contributed by atoms with van der Waals surface area (Å²) in [6.07, 6.45) is 1.74. The zero-order valence-corrected chi connectivity index (χ0v) is 14.7. The average molecular weight is 295 g/mol. The van der Waals surface area contributed by atoms with Crippen LogP contribution in [-0.2, 0) is 14.1 Å². The third kappa shape index (κ3) is 2.52. The third-order valence-corrected chi connectivity index (χ3v) is 5.84. The van der Waals surface area contributed by atoms with Gasteiger partial charge in [0.25, 0.3) is 0 Å². The molecular weight excluding hydrogens is 265 g/mol. The van der Waals surface area contributed by atoms with Crippen molar-refractivity contribution in [2.75, 3.05) is 13.1 Å². The zero-order chi connectivity index (χ0) is 16.1. The number of carbonyl (C=O) groups is 1. The second-order valence-corrected chi connectivity index (χ2v) is 7.42. The molecule has 0 unspecified atom stereocenters. The fraction of sp³-hybridized carbons (Fsp3) is 0.938. The van der Waals surface area contributed by atoms with Gasteiger partial charge in [-0.05, 0) is 54.4 Å². The minimum absolute atomic E-state index is 0.191. The lowest BCUT2D eigenvalue weighted by Crippen LogP contribution is -2.41. The third-order valence-electron chi connectivity index (χ3n) is 5.84. The van der Waals surface area contributed by atoms with Gasteiger partial charge in [-0.1, -0.05) is 6.92 Å². The number of rotatable bonds is 5. The molecule has 2 aliphatic rings. The molecule has 21 heavy (non-hydrogen) atoms. The van der Waals surface area contributed by atoms with Gasteiger partial charge in [0.05, 0.1) is 16.6 Å². The van der Waals surface area contributed by atoms with Crippen molar-refractivity contribution in [1.29, 1.82) is 0 Å². The van der Waals surface area contributed by atoms with Crippen LogP contribution in [0.1, 0.15) is 61.3 Å². The molecule has 0 radical (unpaired) electrons. The number of hydrogen-bond acceptors (Lipinski definition) is 3. The monoisotopic (exact) mass is 295 g/mol. The highest BCUT2D eigenvalue weighted by Gasteiger charge is 2.69. The lowest BCUT2D eigenvalue weighted by atomic mass is 9.75. The standard InChI is InChI=1S/C16H30BNO3/c1-8-16(13(19)18(9-2)10-3)11-12(16)17-20-14(4,5)15(6,7)21-17/h12H,8-11H2,1-7H3/t12-,16+/m1/s1. The summed E-state index contributed by atoms with van der Waals surface area (Å²) in [6, 6.07) is 0. The Kier molecular flexibility index (Phi) is 4.22. The molecule has 1 heterocycles. The second-order valence-electron chi connectivity index (χ2n) is 7.42. The molecule has 1 saturated heterocycles. The van der Waals surface area contributed by atoms with Crippen LogP contribution >= 0.6 is 0 Å². The summed E-state index contributed by atoms with van der Waals surface area (Å²) in [7, 11) is -0.255. The maximum Gasteiger partial charge on any atom is 0.462 e. The van der Waals surface area contributed by atoms with Gasteiger partial charge in [-0.2, -0.15) is 0 Å².